The first kappa shape index (κ1) is 11.2. The average Bonchev–Trinajstić information content (AvgIpc) is 2.59. The molecule has 0 unspecified atom stereocenters. The van der Waals surface area contributed by atoms with Crippen molar-refractivity contribution in [3.05, 3.63) is 34.9 Å². The van der Waals surface area contributed by atoms with E-state index in [2.05, 4.69) is 4.98 Å². The van der Waals surface area contributed by atoms with Crippen molar-refractivity contribution in [2.24, 2.45) is 0 Å². The molecule has 1 aliphatic heterocycles. The summed E-state index contributed by atoms with van der Waals surface area (Å²) in [5.41, 5.74) is 7.82. The lowest BCUT2D eigenvalue weighted by atomic mass is 10.1. The Labute approximate surface area is 105 Å². The maximum atomic E-state index is 12.2. The number of nitrogens with zero attached hydrogens (tertiary/aromatic N) is 1. The van der Waals surface area contributed by atoms with E-state index >= 15 is 0 Å². The molecule has 1 aromatic heterocycles. The molecule has 3 rings (SSSR count). The van der Waals surface area contributed by atoms with Crippen LogP contribution in [0.2, 0.25) is 0 Å². The summed E-state index contributed by atoms with van der Waals surface area (Å²) in [4.78, 5) is 5.00. The van der Waals surface area contributed by atoms with Crippen LogP contribution in [0.5, 0.6) is 0 Å². The number of rotatable bonds is 1. The lowest BCUT2D eigenvalue weighted by Crippen LogP contribution is -2.00. The van der Waals surface area contributed by atoms with E-state index in [0.717, 1.165) is 5.52 Å². The zero-order valence-corrected chi connectivity index (χ0v) is 10.7. The van der Waals surface area contributed by atoms with Gasteiger partial charge in [-0.2, -0.15) is 0 Å². The van der Waals surface area contributed by atoms with Crippen LogP contribution in [0.25, 0.3) is 17.0 Å². The van der Waals surface area contributed by atoms with Gasteiger partial charge in [-0.1, -0.05) is 6.92 Å². The molecule has 0 aliphatic carbocycles. The van der Waals surface area contributed by atoms with Crippen molar-refractivity contribution in [2.75, 3.05) is 5.73 Å². The Balaban J connectivity index is 2.40. The largest absolute Gasteiger partial charge is 0.398 e. The molecule has 2 heterocycles. The summed E-state index contributed by atoms with van der Waals surface area (Å²) in [7, 11) is -3.33. The fraction of sp³-hybridized carbons (Fsp3) is 0.154. The molecule has 0 saturated carbocycles. The van der Waals surface area contributed by atoms with Crippen molar-refractivity contribution < 1.29 is 8.42 Å². The predicted octanol–water partition coefficient (Wildman–Crippen LogP) is 2.36. The average molecular weight is 260 g/mol. The summed E-state index contributed by atoms with van der Waals surface area (Å²) in [5.74, 6) is 0. The van der Waals surface area contributed by atoms with Gasteiger partial charge in [0.2, 0.25) is 9.84 Å². The smallest absolute Gasteiger partial charge is 0.203 e. The number of pyridine rings is 1. The number of allylic oxidation sites excluding steroid dienone is 1. The molecular formula is C13H12N2O2S. The Morgan fingerprint density at radius 3 is 2.83 bits per heavy atom. The molecule has 0 radical (unpaired) electrons. The van der Waals surface area contributed by atoms with Crippen molar-refractivity contribution in [2.45, 2.75) is 18.2 Å². The van der Waals surface area contributed by atoms with Gasteiger partial charge in [-0.15, -0.1) is 0 Å². The second kappa shape index (κ2) is 3.55. The van der Waals surface area contributed by atoms with E-state index in [9.17, 15) is 8.42 Å². The molecule has 2 N–H and O–H groups in total. The minimum atomic E-state index is -3.33. The molecule has 18 heavy (non-hydrogen) atoms. The molecular weight excluding hydrogens is 248 g/mol. The Morgan fingerprint density at radius 1 is 1.33 bits per heavy atom. The SMILES string of the molecule is CCC1=Cc2cc3nccc(N)c3cc2S1(=O)=O. The summed E-state index contributed by atoms with van der Waals surface area (Å²) in [6.07, 6.45) is 3.84. The number of benzene rings is 1. The first-order valence-electron chi connectivity index (χ1n) is 5.68. The van der Waals surface area contributed by atoms with Gasteiger partial charge >= 0.3 is 0 Å². The number of nitrogen functional groups attached to an aromatic ring is 1. The van der Waals surface area contributed by atoms with E-state index in [1.807, 2.05) is 6.92 Å². The summed E-state index contributed by atoms with van der Waals surface area (Å²) in [6, 6.07) is 5.08. The minimum absolute atomic E-state index is 0.339. The Hall–Kier alpha value is -1.88. The second-order valence-electron chi connectivity index (χ2n) is 4.28. The third-order valence-corrected chi connectivity index (χ3v) is 5.24. The number of sulfone groups is 1. The number of hydrogen-bond acceptors (Lipinski definition) is 4. The Kier molecular flexibility index (Phi) is 2.22. The van der Waals surface area contributed by atoms with Crippen LogP contribution in [0.4, 0.5) is 5.69 Å². The van der Waals surface area contributed by atoms with Crippen molar-refractivity contribution in [3.8, 4) is 0 Å². The fourth-order valence-corrected chi connectivity index (χ4v) is 3.89. The van der Waals surface area contributed by atoms with Gasteiger partial charge in [0.1, 0.15) is 0 Å². The quantitative estimate of drug-likeness (QED) is 0.854. The fourth-order valence-electron chi connectivity index (χ4n) is 2.24. The maximum absolute atomic E-state index is 12.2. The van der Waals surface area contributed by atoms with Gasteiger partial charge in [0.15, 0.2) is 0 Å². The standard InChI is InChI=1S/C13H12N2O2S/c1-2-9-5-8-6-12-10(11(14)3-4-15-12)7-13(8)18(9,16)17/h3-7H,2H2,1H3,(H2,14,15). The van der Waals surface area contributed by atoms with Gasteiger partial charge in [-0.3, -0.25) is 4.98 Å². The van der Waals surface area contributed by atoms with E-state index < -0.39 is 9.84 Å². The van der Waals surface area contributed by atoms with Crippen molar-refractivity contribution >= 4 is 32.5 Å². The lowest BCUT2D eigenvalue weighted by Gasteiger charge is -2.05. The molecule has 0 atom stereocenters. The molecule has 2 aromatic rings. The van der Waals surface area contributed by atoms with Crippen LogP contribution in [-0.4, -0.2) is 13.4 Å². The number of fused-ring (bicyclic) bond motifs is 2. The highest BCUT2D eigenvalue weighted by atomic mass is 32.2. The van der Waals surface area contributed by atoms with E-state index in [1.165, 1.54) is 0 Å². The highest BCUT2D eigenvalue weighted by Crippen LogP contribution is 2.37. The third kappa shape index (κ3) is 1.37. The van der Waals surface area contributed by atoms with Crippen LogP contribution >= 0.6 is 0 Å². The van der Waals surface area contributed by atoms with E-state index in [0.29, 0.717) is 32.9 Å². The number of anilines is 1. The highest BCUT2D eigenvalue weighted by molar-refractivity contribution is 7.95. The second-order valence-corrected chi connectivity index (χ2v) is 6.25. The molecule has 5 heteroatoms. The summed E-state index contributed by atoms with van der Waals surface area (Å²) in [5, 5.41) is 0.686. The van der Waals surface area contributed by atoms with Crippen LogP contribution in [0.3, 0.4) is 0 Å². The normalized spacial score (nSPS) is 16.6. The van der Waals surface area contributed by atoms with E-state index in [-0.39, 0.29) is 0 Å². The first-order valence-corrected chi connectivity index (χ1v) is 7.16. The Bertz CT molecular complexity index is 792. The summed E-state index contributed by atoms with van der Waals surface area (Å²) < 4.78 is 24.5. The van der Waals surface area contributed by atoms with Crippen LogP contribution < -0.4 is 5.73 Å². The maximum Gasteiger partial charge on any atom is 0.203 e. The van der Waals surface area contributed by atoms with E-state index in [1.54, 1.807) is 30.5 Å². The topological polar surface area (TPSA) is 73.0 Å². The van der Waals surface area contributed by atoms with Gasteiger partial charge < -0.3 is 5.73 Å². The lowest BCUT2D eigenvalue weighted by molar-refractivity contribution is 0.602. The zero-order valence-electron chi connectivity index (χ0n) is 9.84. The molecule has 0 saturated heterocycles. The van der Waals surface area contributed by atoms with Gasteiger partial charge in [-0.05, 0) is 36.3 Å². The number of nitrogens with two attached hydrogens (primary N) is 1. The number of aromatic nitrogens is 1. The molecule has 0 amide bonds. The van der Waals surface area contributed by atoms with Crippen molar-refractivity contribution in [3.63, 3.8) is 0 Å². The van der Waals surface area contributed by atoms with Crippen molar-refractivity contribution in [1.82, 2.24) is 4.98 Å². The molecule has 0 spiro atoms. The molecule has 4 nitrogen and oxygen atoms in total. The molecule has 1 aromatic carbocycles. The molecule has 1 aliphatic rings. The third-order valence-electron chi connectivity index (χ3n) is 3.21. The van der Waals surface area contributed by atoms with Gasteiger partial charge in [0, 0.05) is 22.2 Å². The molecule has 0 fully saturated rings. The zero-order chi connectivity index (χ0) is 12.9. The summed E-state index contributed by atoms with van der Waals surface area (Å²) >= 11 is 0. The van der Waals surface area contributed by atoms with Crippen LogP contribution in [0, 0.1) is 0 Å². The molecule has 92 valence electrons. The summed E-state index contributed by atoms with van der Waals surface area (Å²) in [6.45, 7) is 1.83. The Morgan fingerprint density at radius 2 is 2.11 bits per heavy atom. The minimum Gasteiger partial charge on any atom is -0.398 e. The van der Waals surface area contributed by atoms with Crippen LogP contribution in [-0.2, 0) is 9.84 Å². The highest BCUT2D eigenvalue weighted by Gasteiger charge is 2.28. The van der Waals surface area contributed by atoms with E-state index in [4.69, 9.17) is 5.73 Å². The predicted molar refractivity (Wildman–Crippen MR) is 71.6 cm³/mol. The van der Waals surface area contributed by atoms with Gasteiger partial charge in [0.25, 0.3) is 0 Å². The van der Waals surface area contributed by atoms with Gasteiger partial charge in [-0.25, -0.2) is 8.42 Å². The molecule has 0 bridgehead atoms. The number of hydrogen-bond donors (Lipinski definition) is 1. The van der Waals surface area contributed by atoms with Crippen LogP contribution in [0.1, 0.15) is 18.9 Å². The van der Waals surface area contributed by atoms with Crippen molar-refractivity contribution in [1.29, 1.82) is 0 Å². The van der Waals surface area contributed by atoms with Gasteiger partial charge in [0.05, 0.1) is 10.4 Å². The monoisotopic (exact) mass is 260 g/mol. The van der Waals surface area contributed by atoms with Crippen LogP contribution in [0.15, 0.2) is 34.2 Å². The first-order chi connectivity index (χ1) is 8.54.